The van der Waals surface area contributed by atoms with Gasteiger partial charge >= 0.3 is 0 Å². The molecule has 0 aliphatic carbocycles. The van der Waals surface area contributed by atoms with Crippen LogP contribution >= 0.6 is 11.6 Å². The van der Waals surface area contributed by atoms with Crippen LogP contribution in [0.4, 0.5) is 5.69 Å². The van der Waals surface area contributed by atoms with E-state index in [0.29, 0.717) is 11.4 Å². The van der Waals surface area contributed by atoms with Gasteiger partial charge in [0.15, 0.2) is 0 Å². The molecule has 1 heterocycles. The molecule has 3 aromatic rings. The van der Waals surface area contributed by atoms with Gasteiger partial charge in [-0.1, -0.05) is 48.9 Å². The minimum atomic E-state index is -0.0226. The number of para-hydroxylation sites is 1. The number of benzene rings is 2. The van der Waals surface area contributed by atoms with Crippen molar-refractivity contribution in [3.05, 3.63) is 71.4 Å². The van der Waals surface area contributed by atoms with Gasteiger partial charge in [0.05, 0.1) is 11.2 Å². The highest BCUT2D eigenvalue weighted by Crippen LogP contribution is 2.24. The number of amides is 1. The van der Waals surface area contributed by atoms with Gasteiger partial charge in [0.25, 0.3) is 0 Å². The van der Waals surface area contributed by atoms with E-state index in [4.69, 9.17) is 11.6 Å². The highest BCUT2D eigenvalue weighted by atomic mass is 35.5. The monoisotopic (exact) mass is 324 g/mol. The number of pyridine rings is 1. The first-order valence-corrected chi connectivity index (χ1v) is 7.90. The van der Waals surface area contributed by atoms with Gasteiger partial charge in [-0.3, -0.25) is 9.78 Å². The van der Waals surface area contributed by atoms with Gasteiger partial charge in [0.2, 0.25) is 5.91 Å². The molecular weight excluding hydrogens is 308 g/mol. The van der Waals surface area contributed by atoms with Crippen LogP contribution < -0.4 is 5.32 Å². The molecule has 1 amide bonds. The Hall–Kier alpha value is -2.39. The topological polar surface area (TPSA) is 42.0 Å². The number of halogens is 1. The van der Waals surface area contributed by atoms with Crippen molar-refractivity contribution in [3.8, 4) is 0 Å². The Morgan fingerprint density at radius 1 is 1.13 bits per heavy atom. The zero-order valence-electron chi connectivity index (χ0n) is 12.8. The van der Waals surface area contributed by atoms with Gasteiger partial charge in [0.1, 0.15) is 0 Å². The van der Waals surface area contributed by atoms with Crippen molar-refractivity contribution in [2.75, 3.05) is 5.32 Å². The number of hydrogen-bond donors (Lipinski definition) is 1. The molecule has 0 bridgehead atoms. The molecule has 0 saturated carbocycles. The molecule has 0 radical (unpaired) electrons. The summed E-state index contributed by atoms with van der Waals surface area (Å²) in [5.41, 5.74) is 2.65. The van der Waals surface area contributed by atoms with Gasteiger partial charge < -0.3 is 5.32 Å². The maximum Gasteiger partial charge on any atom is 0.225 e. The summed E-state index contributed by atoms with van der Waals surface area (Å²) in [7, 11) is 0. The smallest absolute Gasteiger partial charge is 0.225 e. The fourth-order valence-corrected chi connectivity index (χ4v) is 2.72. The maximum absolute atomic E-state index is 12.3. The number of nitrogens with zero attached hydrogens (tertiary/aromatic N) is 1. The number of fused-ring (bicyclic) bond motifs is 1. The molecule has 0 spiro atoms. The van der Waals surface area contributed by atoms with E-state index in [9.17, 15) is 4.79 Å². The zero-order chi connectivity index (χ0) is 16.2. The van der Waals surface area contributed by atoms with E-state index in [0.717, 1.165) is 22.2 Å². The van der Waals surface area contributed by atoms with Crippen molar-refractivity contribution in [1.82, 2.24) is 4.98 Å². The van der Waals surface area contributed by atoms with Gasteiger partial charge in [-0.2, -0.15) is 0 Å². The zero-order valence-corrected chi connectivity index (χ0v) is 13.5. The standard InChI is InChI=1S/C19H17ClN2O/c1-13(14-7-9-16(20)10-8-14)12-18(23)22-17-6-2-4-15-5-3-11-21-19(15)17/h2-11,13H,12H2,1H3,(H,22,23). The summed E-state index contributed by atoms with van der Waals surface area (Å²) in [5, 5.41) is 4.68. The molecule has 1 unspecified atom stereocenters. The SMILES string of the molecule is CC(CC(=O)Nc1cccc2cccnc12)c1ccc(Cl)cc1. The predicted octanol–water partition coefficient (Wildman–Crippen LogP) is 5.02. The molecule has 23 heavy (non-hydrogen) atoms. The lowest BCUT2D eigenvalue weighted by Crippen LogP contribution is -2.14. The Bertz CT molecular complexity index is 825. The Labute approximate surface area is 140 Å². The molecule has 3 rings (SSSR count). The van der Waals surface area contributed by atoms with Gasteiger partial charge in [-0.15, -0.1) is 0 Å². The van der Waals surface area contributed by atoms with Crippen molar-refractivity contribution in [3.63, 3.8) is 0 Å². The largest absolute Gasteiger partial charge is 0.324 e. The lowest BCUT2D eigenvalue weighted by molar-refractivity contribution is -0.116. The van der Waals surface area contributed by atoms with Crippen LogP contribution in [-0.2, 0) is 4.79 Å². The number of nitrogens with one attached hydrogen (secondary N) is 1. The molecule has 1 atom stereocenters. The summed E-state index contributed by atoms with van der Waals surface area (Å²) in [4.78, 5) is 16.7. The first-order valence-electron chi connectivity index (χ1n) is 7.52. The van der Waals surface area contributed by atoms with E-state index in [-0.39, 0.29) is 11.8 Å². The molecule has 116 valence electrons. The first kappa shape index (κ1) is 15.5. The number of carbonyl (C=O) groups is 1. The quantitative estimate of drug-likeness (QED) is 0.732. The van der Waals surface area contributed by atoms with Crippen molar-refractivity contribution in [2.24, 2.45) is 0 Å². The summed E-state index contributed by atoms with van der Waals surface area (Å²) in [5.74, 6) is 0.0980. The van der Waals surface area contributed by atoms with Crippen LogP contribution in [0.1, 0.15) is 24.8 Å². The van der Waals surface area contributed by atoms with Crippen LogP contribution in [0.25, 0.3) is 10.9 Å². The molecule has 0 fully saturated rings. The van der Waals surface area contributed by atoms with Crippen molar-refractivity contribution in [1.29, 1.82) is 0 Å². The van der Waals surface area contributed by atoms with Crippen molar-refractivity contribution in [2.45, 2.75) is 19.3 Å². The average molecular weight is 325 g/mol. The van der Waals surface area contributed by atoms with E-state index in [1.165, 1.54) is 0 Å². The summed E-state index contributed by atoms with van der Waals surface area (Å²) in [6.07, 6.45) is 2.14. The lowest BCUT2D eigenvalue weighted by atomic mass is 9.97. The van der Waals surface area contributed by atoms with Gasteiger partial charge in [0, 0.05) is 23.0 Å². The third-order valence-corrected chi connectivity index (χ3v) is 4.09. The van der Waals surface area contributed by atoms with Gasteiger partial charge in [-0.05, 0) is 35.7 Å². The van der Waals surface area contributed by atoms with Gasteiger partial charge in [-0.25, -0.2) is 0 Å². The minimum absolute atomic E-state index is 0.0226. The fraction of sp³-hybridized carbons (Fsp3) is 0.158. The molecule has 0 aliphatic heterocycles. The molecule has 1 aromatic heterocycles. The number of hydrogen-bond acceptors (Lipinski definition) is 2. The molecule has 2 aromatic carbocycles. The maximum atomic E-state index is 12.3. The number of anilines is 1. The van der Waals surface area contributed by atoms with Crippen LogP contribution in [0.2, 0.25) is 5.02 Å². The second kappa shape index (κ2) is 6.80. The Morgan fingerprint density at radius 3 is 2.65 bits per heavy atom. The molecule has 3 nitrogen and oxygen atoms in total. The van der Waals surface area contributed by atoms with E-state index in [1.54, 1.807) is 6.20 Å². The molecule has 4 heteroatoms. The number of carbonyl (C=O) groups excluding carboxylic acids is 1. The lowest BCUT2D eigenvalue weighted by Gasteiger charge is -2.13. The number of rotatable bonds is 4. The first-order chi connectivity index (χ1) is 11.1. The minimum Gasteiger partial charge on any atom is -0.324 e. The van der Waals surface area contributed by atoms with Crippen molar-refractivity contribution >= 4 is 34.1 Å². The van der Waals surface area contributed by atoms with Crippen LogP contribution in [-0.4, -0.2) is 10.9 Å². The summed E-state index contributed by atoms with van der Waals surface area (Å²) in [6, 6.07) is 17.3. The third kappa shape index (κ3) is 3.69. The Kier molecular flexibility index (Phi) is 4.58. The van der Waals surface area contributed by atoms with Crippen LogP contribution in [0.3, 0.4) is 0 Å². The Balaban J connectivity index is 1.72. The van der Waals surface area contributed by atoms with Crippen LogP contribution in [0.15, 0.2) is 60.8 Å². The normalized spacial score (nSPS) is 12.1. The summed E-state index contributed by atoms with van der Waals surface area (Å²) >= 11 is 5.90. The predicted molar refractivity (Wildman–Crippen MR) is 94.9 cm³/mol. The highest BCUT2D eigenvalue weighted by molar-refractivity contribution is 6.30. The second-order valence-corrected chi connectivity index (χ2v) is 6.02. The average Bonchev–Trinajstić information content (AvgIpc) is 2.55. The van der Waals surface area contributed by atoms with E-state index >= 15 is 0 Å². The third-order valence-electron chi connectivity index (χ3n) is 3.84. The Morgan fingerprint density at radius 2 is 1.87 bits per heavy atom. The summed E-state index contributed by atoms with van der Waals surface area (Å²) in [6.45, 7) is 2.03. The van der Waals surface area contributed by atoms with E-state index < -0.39 is 0 Å². The molecule has 0 saturated heterocycles. The number of aromatic nitrogens is 1. The highest BCUT2D eigenvalue weighted by Gasteiger charge is 2.12. The van der Waals surface area contributed by atoms with E-state index in [2.05, 4.69) is 10.3 Å². The second-order valence-electron chi connectivity index (χ2n) is 5.59. The van der Waals surface area contributed by atoms with E-state index in [1.807, 2.05) is 61.5 Å². The molecular formula is C19H17ClN2O. The van der Waals surface area contributed by atoms with Crippen LogP contribution in [0, 0.1) is 0 Å². The fourth-order valence-electron chi connectivity index (χ4n) is 2.59. The van der Waals surface area contributed by atoms with Crippen molar-refractivity contribution < 1.29 is 4.79 Å². The molecule has 1 N–H and O–H groups in total. The molecule has 0 aliphatic rings. The van der Waals surface area contributed by atoms with Crippen LogP contribution in [0.5, 0.6) is 0 Å². The summed E-state index contributed by atoms with van der Waals surface area (Å²) < 4.78 is 0.